The summed E-state index contributed by atoms with van der Waals surface area (Å²) in [6.45, 7) is 8.82. The molecule has 0 fully saturated rings. The average Bonchev–Trinajstić information content (AvgIpc) is 2.45. The van der Waals surface area contributed by atoms with Crippen molar-refractivity contribution in [2.45, 2.75) is 71.6 Å². The van der Waals surface area contributed by atoms with Gasteiger partial charge in [0.05, 0.1) is 0 Å². The zero-order valence-electron chi connectivity index (χ0n) is 14.6. The Bertz CT molecular complexity index is 437. The van der Waals surface area contributed by atoms with Crippen LogP contribution in [0, 0.1) is 5.92 Å². The molecule has 1 rings (SSSR count). The molecule has 2 nitrogen and oxygen atoms in total. The number of halogens is 3. The Labute approximate surface area is 137 Å². The predicted molar refractivity (Wildman–Crippen MR) is 87.6 cm³/mol. The Morgan fingerprint density at radius 3 is 1.87 bits per heavy atom. The molecule has 2 atom stereocenters. The average molecular weight is 334 g/mol. The van der Waals surface area contributed by atoms with Crippen molar-refractivity contribution in [3.05, 3.63) is 29.8 Å². The van der Waals surface area contributed by atoms with Gasteiger partial charge in [-0.25, -0.2) is 0 Å². The van der Waals surface area contributed by atoms with Crippen LogP contribution in [0.5, 0.6) is 5.75 Å². The molecule has 0 aliphatic carbocycles. The maximum absolute atomic E-state index is 12.0. The number of hydrogen-bond donors (Lipinski definition) is 2. The highest BCUT2D eigenvalue weighted by Gasteiger charge is 2.49. The summed E-state index contributed by atoms with van der Waals surface area (Å²) in [4.78, 5) is 0. The van der Waals surface area contributed by atoms with E-state index in [9.17, 15) is 13.2 Å². The molecule has 1 aromatic rings. The molecule has 0 aliphatic rings. The van der Waals surface area contributed by atoms with Crippen LogP contribution in [0.2, 0.25) is 0 Å². The van der Waals surface area contributed by atoms with Crippen LogP contribution in [0.1, 0.15) is 65.4 Å². The number of phenols is 1. The number of benzene rings is 1. The largest absolute Gasteiger partial charge is 0.508 e. The van der Waals surface area contributed by atoms with Gasteiger partial charge in [0.25, 0.3) is 0 Å². The zero-order chi connectivity index (χ0) is 18.3. The summed E-state index contributed by atoms with van der Waals surface area (Å²) in [6.07, 6.45) is -3.21. The first kappa shape index (κ1) is 21.8. The second-order valence-electron chi connectivity index (χ2n) is 6.60. The van der Waals surface area contributed by atoms with Crippen molar-refractivity contribution in [1.82, 2.24) is 0 Å². The minimum atomic E-state index is -4.51. The normalized spacial score (nSPS) is 15.6. The van der Waals surface area contributed by atoms with Crippen LogP contribution in [-0.4, -0.2) is 22.0 Å². The van der Waals surface area contributed by atoms with Gasteiger partial charge < -0.3 is 10.2 Å². The first-order valence-electron chi connectivity index (χ1n) is 7.98. The van der Waals surface area contributed by atoms with E-state index in [0.29, 0.717) is 18.1 Å². The Morgan fingerprint density at radius 1 is 1.04 bits per heavy atom. The van der Waals surface area contributed by atoms with E-state index < -0.39 is 11.8 Å². The van der Waals surface area contributed by atoms with Crippen molar-refractivity contribution in [1.29, 1.82) is 0 Å². The van der Waals surface area contributed by atoms with Crippen LogP contribution >= 0.6 is 0 Å². The first-order chi connectivity index (χ1) is 10.4. The van der Waals surface area contributed by atoms with Crippen LogP contribution in [0.4, 0.5) is 13.2 Å². The number of aromatic hydroxyl groups is 1. The van der Waals surface area contributed by atoms with Crippen molar-refractivity contribution < 1.29 is 23.4 Å². The monoisotopic (exact) mass is 334 g/mol. The van der Waals surface area contributed by atoms with E-state index in [0.717, 1.165) is 13.3 Å². The van der Waals surface area contributed by atoms with Gasteiger partial charge in [0, 0.05) is 0 Å². The van der Waals surface area contributed by atoms with E-state index in [4.69, 9.17) is 10.2 Å². The Morgan fingerprint density at radius 2 is 1.52 bits per heavy atom. The molecule has 0 saturated carbocycles. The van der Waals surface area contributed by atoms with Crippen molar-refractivity contribution in [3.63, 3.8) is 0 Å². The lowest BCUT2D eigenvalue weighted by Gasteiger charge is -2.26. The van der Waals surface area contributed by atoms with Crippen LogP contribution < -0.4 is 0 Å². The zero-order valence-corrected chi connectivity index (χ0v) is 14.6. The van der Waals surface area contributed by atoms with Gasteiger partial charge in [0.2, 0.25) is 0 Å². The van der Waals surface area contributed by atoms with Gasteiger partial charge in [-0.1, -0.05) is 39.8 Å². The third-order valence-electron chi connectivity index (χ3n) is 3.89. The molecule has 0 radical (unpaired) electrons. The highest BCUT2D eigenvalue weighted by atomic mass is 19.4. The molecule has 1 aromatic carbocycles. The molecule has 0 amide bonds. The summed E-state index contributed by atoms with van der Waals surface area (Å²) in [5, 5.41) is 18.0. The van der Waals surface area contributed by atoms with Crippen molar-refractivity contribution in [3.8, 4) is 5.75 Å². The molecular formula is C18H29F3O2. The minimum Gasteiger partial charge on any atom is -0.508 e. The van der Waals surface area contributed by atoms with Gasteiger partial charge >= 0.3 is 6.18 Å². The summed E-state index contributed by atoms with van der Waals surface area (Å²) in [5.41, 5.74) is -1.23. The second kappa shape index (κ2) is 9.16. The number of rotatable bonds is 5. The molecule has 0 spiro atoms. The van der Waals surface area contributed by atoms with Gasteiger partial charge in [-0.15, -0.1) is 0 Å². The highest BCUT2D eigenvalue weighted by Crippen LogP contribution is 2.34. The van der Waals surface area contributed by atoms with Gasteiger partial charge in [-0.05, 0) is 55.7 Å². The van der Waals surface area contributed by atoms with E-state index >= 15 is 0 Å². The van der Waals surface area contributed by atoms with E-state index in [2.05, 4.69) is 13.8 Å². The molecular weight excluding hydrogens is 305 g/mol. The van der Waals surface area contributed by atoms with Crippen LogP contribution in [0.3, 0.4) is 0 Å². The van der Waals surface area contributed by atoms with E-state index in [1.54, 1.807) is 12.1 Å². The van der Waals surface area contributed by atoms with Crippen molar-refractivity contribution in [2.75, 3.05) is 0 Å². The lowest BCUT2D eigenvalue weighted by molar-refractivity contribution is -0.255. The molecule has 2 N–H and O–H groups in total. The van der Waals surface area contributed by atoms with E-state index in [1.165, 1.54) is 5.56 Å². The van der Waals surface area contributed by atoms with E-state index in [1.807, 2.05) is 26.0 Å². The third-order valence-corrected chi connectivity index (χ3v) is 3.89. The van der Waals surface area contributed by atoms with Crippen molar-refractivity contribution >= 4 is 0 Å². The fraction of sp³-hybridized carbons (Fsp3) is 0.667. The molecule has 2 unspecified atom stereocenters. The maximum Gasteiger partial charge on any atom is 0.416 e. The standard InChI is InChI=1S/C10H14O.C8H15F3O/c1-3-8(2)9-4-6-10(11)7-5-9;1-6(2)4-5-7(3,12)8(9,10)11/h4-8,11H,3H2,1-2H3;6,12H,4-5H2,1-3H3. The lowest BCUT2D eigenvalue weighted by atomic mass is 9.95. The van der Waals surface area contributed by atoms with Gasteiger partial charge in [-0.3, -0.25) is 0 Å². The molecule has 0 bridgehead atoms. The predicted octanol–water partition coefficient (Wildman–Crippen LogP) is 5.64. The first-order valence-corrected chi connectivity index (χ1v) is 7.98. The molecule has 0 aliphatic heterocycles. The molecule has 0 aromatic heterocycles. The van der Waals surface area contributed by atoms with Crippen molar-refractivity contribution in [2.24, 2.45) is 5.92 Å². The smallest absolute Gasteiger partial charge is 0.416 e. The van der Waals surface area contributed by atoms with Gasteiger partial charge in [-0.2, -0.15) is 13.2 Å². The Hall–Kier alpha value is -1.23. The second-order valence-corrected chi connectivity index (χ2v) is 6.60. The summed E-state index contributed by atoms with van der Waals surface area (Å²) in [5.74, 6) is 1.12. The molecule has 0 heterocycles. The topological polar surface area (TPSA) is 40.5 Å². The molecule has 5 heteroatoms. The van der Waals surface area contributed by atoms with E-state index in [-0.39, 0.29) is 12.3 Å². The molecule has 0 saturated heterocycles. The quantitative estimate of drug-likeness (QED) is 0.731. The Kier molecular flexibility index (Phi) is 8.67. The summed E-state index contributed by atoms with van der Waals surface area (Å²) in [6, 6.07) is 7.43. The fourth-order valence-corrected chi connectivity index (χ4v) is 1.75. The maximum atomic E-state index is 12.0. The van der Waals surface area contributed by atoms with Crippen LogP contribution in [0.25, 0.3) is 0 Å². The lowest BCUT2D eigenvalue weighted by Crippen LogP contribution is -2.42. The minimum absolute atomic E-state index is 0.179. The fourth-order valence-electron chi connectivity index (χ4n) is 1.75. The van der Waals surface area contributed by atoms with Crippen LogP contribution in [0.15, 0.2) is 24.3 Å². The summed E-state index contributed by atoms with van der Waals surface area (Å²) < 4.78 is 36.1. The number of aliphatic hydroxyl groups is 1. The number of phenolic OH excluding ortho intramolecular Hbond substituents is 1. The Balaban J connectivity index is 0.000000422. The van der Waals surface area contributed by atoms with Gasteiger partial charge in [0.15, 0.2) is 5.60 Å². The SMILES string of the molecule is CC(C)CCC(C)(O)C(F)(F)F.CCC(C)c1ccc(O)cc1. The number of alkyl halides is 3. The highest BCUT2D eigenvalue weighted by molar-refractivity contribution is 5.27. The summed E-state index contributed by atoms with van der Waals surface area (Å²) in [7, 11) is 0. The summed E-state index contributed by atoms with van der Waals surface area (Å²) >= 11 is 0. The van der Waals surface area contributed by atoms with Crippen LogP contribution in [-0.2, 0) is 0 Å². The number of hydrogen-bond acceptors (Lipinski definition) is 2. The third kappa shape index (κ3) is 8.26. The molecule has 23 heavy (non-hydrogen) atoms. The van der Waals surface area contributed by atoms with Gasteiger partial charge in [0.1, 0.15) is 5.75 Å². The molecule has 134 valence electrons.